The third kappa shape index (κ3) is 4.05. The van der Waals surface area contributed by atoms with Crippen LogP contribution in [0.3, 0.4) is 0 Å². The van der Waals surface area contributed by atoms with Crippen molar-refractivity contribution in [2.24, 2.45) is 0 Å². The quantitative estimate of drug-likeness (QED) is 0.421. The summed E-state index contributed by atoms with van der Waals surface area (Å²) >= 11 is 0. The zero-order chi connectivity index (χ0) is 15.9. The highest BCUT2D eigenvalue weighted by Gasteiger charge is 2.16. The molecule has 0 spiro atoms. The molecular formula is C23H30. The highest BCUT2D eigenvalue weighted by molar-refractivity contribution is 5.95. The summed E-state index contributed by atoms with van der Waals surface area (Å²) < 4.78 is 0. The number of benzene rings is 2. The van der Waals surface area contributed by atoms with Gasteiger partial charge in [-0.2, -0.15) is 0 Å². The lowest BCUT2D eigenvalue weighted by atomic mass is 9.83. The average Bonchev–Trinajstić information content (AvgIpc) is 2.59. The van der Waals surface area contributed by atoms with E-state index in [9.17, 15) is 0 Å². The zero-order valence-corrected chi connectivity index (χ0v) is 14.6. The van der Waals surface area contributed by atoms with Crippen LogP contribution in [-0.4, -0.2) is 0 Å². The Kier molecular flexibility index (Phi) is 5.91. The standard InChI is InChI=1S/C23H30/c1-2-3-4-5-6-7-8-9-12-19-17-18-21-14-10-13-20-15-11-16-22(19)23(20)21/h10-11,13-19H,2-9,12H2,1H3. The monoisotopic (exact) mass is 306 g/mol. The fraction of sp³-hybridized carbons (Fsp3) is 0.478. The van der Waals surface area contributed by atoms with Gasteiger partial charge in [-0.3, -0.25) is 0 Å². The predicted molar refractivity (Wildman–Crippen MR) is 103 cm³/mol. The molecule has 1 aliphatic carbocycles. The Morgan fingerprint density at radius 2 is 1.48 bits per heavy atom. The van der Waals surface area contributed by atoms with Crippen molar-refractivity contribution in [1.82, 2.24) is 0 Å². The maximum atomic E-state index is 2.43. The Morgan fingerprint density at radius 1 is 0.783 bits per heavy atom. The molecule has 2 aromatic carbocycles. The molecule has 1 atom stereocenters. The lowest BCUT2D eigenvalue weighted by Crippen LogP contribution is -2.01. The van der Waals surface area contributed by atoms with E-state index in [2.05, 4.69) is 55.5 Å². The van der Waals surface area contributed by atoms with Gasteiger partial charge in [0.05, 0.1) is 0 Å². The first-order chi connectivity index (χ1) is 11.4. The van der Waals surface area contributed by atoms with Gasteiger partial charge in [0.2, 0.25) is 0 Å². The molecule has 0 N–H and O–H groups in total. The van der Waals surface area contributed by atoms with E-state index in [1.807, 2.05) is 0 Å². The van der Waals surface area contributed by atoms with Gasteiger partial charge in [-0.15, -0.1) is 0 Å². The van der Waals surface area contributed by atoms with Crippen LogP contribution in [0.1, 0.15) is 81.8 Å². The number of unbranched alkanes of at least 4 members (excludes halogenated alkanes) is 7. The Bertz CT molecular complexity index is 645. The van der Waals surface area contributed by atoms with Gasteiger partial charge >= 0.3 is 0 Å². The van der Waals surface area contributed by atoms with Crippen LogP contribution in [0.4, 0.5) is 0 Å². The molecule has 122 valence electrons. The molecule has 0 heteroatoms. The van der Waals surface area contributed by atoms with Crippen molar-refractivity contribution < 1.29 is 0 Å². The van der Waals surface area contributed by atoms with E-state index in [4.69, 9.17) is 0 Å². The molecule has 0 bridgehead atoms. The number of hydrogen-bond acceptors (Lipinski definition) is 0. The number of allylic oxidation sites excluding steroid dienone is 1. The lowest BCUT2D eigenvalue weighted by molar-refractivity contribution is 0.555. The van der Waals surface area contributed by atoms with E-state index in [0.717, 1.165) is 0 Å². The van der Waals surface area contributed by atoms with Gasteiger partial charge in [0, 0.05) is 5.92 Å². The minimum Gasteiger partial charge on any atom is -0.0764 e. The average molecular weight is 306 g/mol. The molecule has 0 radical (unpaired) electrons. The second kappa shape index (κ2) is 8.34. The second-order valence-electron chi connectivity index (χ2n) is 7.02. The maximum absolute atomic E-state index is 2.43. The van der Waals surface area contributed by atoms with Crippen molar-refractivity contribution in [3.63, 3.8) is 0 Å². The molecule has 0 aromatic heterocycles. The van der Waals surface area contributed by atoms with Crippen molar-refractivity contribution in [3.05, 3.63) is 53.6 Å². The third-order valence-electron chi connectivity index (χ3n) is 5.25. The molecule has 23 heavy (non-hydrogen) atoms. The molecule has 0 fully saturated rings. The van der Waals surface area contributed by atoms with Gasteiger partial charge in [-0.1, -0.05) is 107 Å². The molecular weight excluding hydrogens is 276 g/mol. The number of hydrogen-bond donors (Lipinski definition) is 0. The van der Waals surface area contributed by atoms with Gasteiger partial charge in [-0.05, 0) is 28.3 Å². The maximum Gasteiger partial charge on any atom is 0.00276 e. The minimum absolute atomic E-state index is 0.619. The summed E-state index contributed by atoms with van der Waals surface area (Å²) in [6.45, 7) is 2.29. The summed E-state index contributed by atoms with van der Waals surface area (Å²) in [5.41, 5.74) is 2.94. The van der Waals surface area contributed by atoms with E-state index in [1.54, 1.807) is 5.56 Å². The number of rotatable bonds is 9. The van der Waals surface area contributed by atoms with Crippen LogP contribution in [0, 0.1) is 0 Å². The van der Waals surface area contributed by atoms with Crippen molar-refractivity contribution in [2.75, 3.05) is 0 Å². The highest BCUT2D eigenvalue weighted by atomic mass is 14.2. The predicted octanol–water partition coefficient (Wildman–Crippen LogP) is 7.48. The largest absolute Gasteiger partial charge is 0.0764 e. The minimum atomic E-state index is 0.619. The molecule has 0 heterocycles. The molecule has 1 unspecified atom stereocenters. The van der Waals surface area contributed by atoms with Gasteiger partial charge in [0.15, 0.2) is 0 Å². The molecule has 0 saturated carbocycles. The summed E-state index contributed by atoms with van der Waals surface area (Å²) in [7, 11) is 0. The van der Waals surface area contributed by atoms with E-state index < -0.39 is 0 Å². The first-order valence-electron chi connectivity index (χ1n) is 9.60. The van der Waals surface area contributed by atoms with Crippen LogP contribution in [-0.2, 0) is 0 Å². The van der Waals surface area contributed by atoms with E-state index in [0.29, 0.717) is 5.92 Å². The van der Waals surface area contributed by atoms with Crippen LogP contribution in [0.2, 0.25) is 0 Å². The van der Waals surface area contributed by atoms with Crippen molar-refractivity contribution in [3.8, 4) is 0 Å². The van der Waals surface area contributed by atoms with Gasteiger partial charge in [-0.25, -0.2) is 0 Å². The van der Waals surface area contributed by atoms with Crippen LogP contribution < -0.4 is 0 Å². The first-order valence-corrected chi connectivity index (χ1v) is 9.60. The second-order valence-corrected chi connectivity index (χ2v) is 7.02. The highest BCUT2D eigenvalue weighted by Crippen LogP contribution is 2.37. The van der Waals surface area contributed by atoms with Crippen LogP contribution in [0.25, 0.3) is 16.8 Å². The van der Waals surface area contributed by atoms with E-state index in [1.165, 1.54) is 74.1 Å². The summed E-state index contributed by atoms with van der Waals surface area (Å²) in [5, 5.41) is 2.88. The third-order valence-corrected chi connectivity index (χ3v) is 5.25. The Morgan fingerprint density at radius 3 is 2.26 bits per heavy atom. The van der Waals surface area contributed by atoms with Crippen LogP contribution >= 0.6 is 0 Å². The smallest absolute Gasteiger partial charge is 0.00276 e. The normalized spacial score (nSPS) is 16.1. The summed E-state index contributed by atoms with van der Waals surface area (Å²) in [6.07, 6.45) is 17.3. The topological polar surface area (TPSA) is 0 Å². The Labute approximate surface area is 141 Å². The van der Waals surface area contributed by atoms with Crippen LogP contribution in [0.15, 0.2) is 42.5 Å². The van der Waals surface area contributed by atoms with Crippen LogP contribution in [0.5, 0.6) is 0 Å². The molecule has 1 aliphatic rings. The molecule has 0 saturated heterocycles. The molecule has 0 aliphatic heterocycles. The van der Waals surface area contributed by atoms with Crippen molar-refractivity contribution >= 4 is 16.8 Å². The Balaban J connectivity index is 1.51. The van der Waals surface area contributed by atoms with Gasteiger partial charge in [0.1, 0.15) is 0 Å². The lowest BCUT2D eigenvalue weighted by Gasteiger charge is -2.21. The molecule has 0 amide bonds. The SMILES string of the molecule is CCCCCCCCCCC1C=Cc2cccc3cccc1c23. The van der Waals surface area contributed by atoms with Gasteiger partial charge in [0.25, 0.3) is 0 Å². The van der Waals surface area contributed by atoms with E-state index in [-0.39, 0.29) is 0 Å². The van der Waals surface area contributed by atoms with Crippen molar-refractivity contribution in [1.29, 1.82) is 0 Å². The fourth-order valence-corrected chi connectivity index (χ4v) is 3.92. The summed E-state index contributed by atoms with van der Waals surface area (Å²) in [5.74, 6) is 0.619. The molecule has 0 nitrogen and oxygen atoms in total. The molecule has 3 rings (SSSR count). The summed E-state index contributed by atoms with van der Waals surface area (Å²) in [4.78, 5) is 0. The Hall–Kier alpha value is -1.56. The molecule has 2 aromatic rings. The fourth-order valence-electron chi connectivity index (χ4n) is 3.92. The first kappa shape index (κ1) is 16.3. The van der Waals surface area contributed by atoms with Gasteiger partial charge < -0.3 is 0 Å². The summed E-state index contributed by atoms with van der Waals surface area (Å²) in [6, 6.07) is 13.5. The van der Waals surface area contributed by atoms with Crippen molar-refractivity contribution in [2.45, 2.75) is 70.6 Å². The van der Waals surface area contributed by atoms with E-state index >= 15 is 0 Å². The zero-order valence-electron chi connectivity index (χ0n) is 14.6.